The average Bonchev–Trinajstić information content (AvgIpc) is 2.29. The molecule has 0 heterocycles. The SMILES string of the molecule is CCCCCCN(C)C(SC)=C(C(C)=O)C(C)=O. The Morgan fingerprint density at radius 2 is 1.61 bits per heavy atom. The monoisotopic (exact) mass is 271 g/mol. The van der Waals surface area contributed by atoms with E-state index in [1.54, 1.807) is 0 Å². The van der Waals surface area contributed by atoms with Crippen molar-refractivity contribution in [2.45, 2.75) is 46.5 Å². The molecule has 4 heteroatoms. The lowest BCUT2D eigenvalue weighted by Crippen LogP contribution is -2.23. The van der Waals surface area contributed by atoms with Crippen LogP contribution in [0.1, 0.15) is 46.5 Å². The number of thioether (sulfide) groups is 1. The fourth-order valence-electron chi connectivity index (χ4n) is 1.88. The van der Waals surface area contributed by atoms with E-state index in [1.807, 2.05) is 18.2 Å². The minimum absolute atomic E-state index is 0.146. The molecule has 104 valence electrons. The van der Waals surface area contributed by atoms with Gasteiger partial charge >= 0.3 is 0 Å². The third-order valence-corrected chi connectivity index (χ3v) is 3.71. The summed E-state index contributed by atoms with van der Waals surface area (Å²) in [5.41, 5.74) is 0.334. The Bertz CT molecular complexity index is 308. The van der Waals surface area contributed by atoms with Gasteiger partial charge in [0.25, 0.3) is 0 Å². The topological polar surface area (TPSA) is 37.4 Å². The van der Waals surface area contributed by atoms with Gasteiger partial charge in [-0.3, -0.25) is 9.59 Å². The van der Waals surface area contributed by atoms with Crippen molar-refractivity contribution in [3.8, 4) is 0 Å². The van der Waals surface area contributed by atoms with Crippen LogP contribution in [0.15, 0.2) is 10.6 Å². The van der Waals surface area contributed by atoms with Crippen LogP contribution in [0.4, 0.5) is 0 Å². The van der Waals surface area contributed by atoms with Crippen LogP contribution < -0.4 is 0 Å². The molecular weight excluding hydrogens is 246 g/mol. The Morgan fingerprint density at radius 1 is 1.06 bits per heavy atom. The average molecular weight is 271 g/mol. The third kappa shape index (κ3) is 5.71. The summed E-state index contributed by atoms with van der Waals surface area (Å²) in [6, 6.07) is 0. The van der Waals surface area contributed by atoms with E-state index in [0.717, 1.165) is 18.0 Å². The number of carbonyl (C=O) groups excluding carboxylic acids is 2. The lowest BCUT2D eigenvalue weighted by atomic mass is 10.1. The molecule has 0 rings (SSSR count). The zero-order valence-electron chi connectivity index (χ0n) is 12.2. The molecule has 0 saturated heterocycles. The predicted molar refractivity (Wildman–Crippen MR) is 78.7 cm³/mol. The highest BCUT2D eigenvalue weighted by atomic mass is 32.2. The van der Waals surface area contributed by atoms with Crippen LogP contribution in [0.25, 0.3) is 0 Å². The molecule has 0 fully saturated rings. The molecule has 0 N–H and O–H groups in total. The van der Waals surface area contributed by atoms with E-state index in [9.17, 15) is 9.59 Å². The van der Waals surface area contributed by atoms with Gasteiger partial charge in [-0.05, 0) is 26.5 Å². The van der Waals surface area contributed by atoms with E-state index in [-0.39, 0.29) is 11.6 Å². The molecule has 18 heavy (non-hydrogen) atoms. The highest BCUT2D eigenvalue weighted by molar-refractivity contribution is 8.02. The van der Waals surface area contributed by atoms with Crippen molar-refractivity contribution in [1.82, 2.24) is 4.90 Å². The molecule has 0 aromatic carbocycles. The number of rotatable bonds is 9. The number of hydrogen-bond donors (Lipinski definition) is 0. The minimum Gasteiger partial charge on any atom is -0.369 e. The number of Topliss-reactive ketones (excluding diaryl/α,β-unsaturated/α-hetero) is 2. The zero-order valence-corrected chi connectivity index (χ0v) is 13.0. The van der Waals surface area contributed by atoms with Gasteiger partial charge in [0, 0.05) is 13.6 Å². The normalized spacial score (nSPS) is 10.1. The fraction of sp³-hybridized carbons (Fsp3) is 0.714. The van der Waals surface area contributed by atoms with E-state index >= 15 is 0 Å². The molecule has 0 aromatic heterocycles. The molecule has 0 aliphatic carbocycles. The molecule has 0 radical (unpaired) electrons. The fourth-order valence-corrected chi connectivity index (χ4v) is 2.77. The highest BCUT2D eigenvalue weighted by Crippen LogP contribution is 2.22. The summed E-state index contributed by atoms with van der Waals surface area (Å²) in [5, 5.41) is 0.798. The first-order valence-corrected chi connectivity index (χ1v) is 7.69. The Labute approximate surface area is 115 Å². The predicted octanol–water partition coefficient (Wildman–Crippen LogP) is 3.25. The molecule has 0 amide bonds. The van der Waals surface area contributed by atoms with Crippen LogP contribution in [0.5, 0.6) is 0 Å². The Morgan fingerprint density at radius 3 is 2.00 bits per heavy atom. The third-order valence-electron chi connectivity index (χ3n) is 2.81. The molecule has 3 nitrogen and oxygen atoms in total. The van der Waals surface area contributed by atoms with Gasteiger partial charge in [-0.2, -0.15) is 0 Å². The van der Waals surface area contributed by atoms with Crippen LogP contribution in [0.2, 0.25) is 0 Å². The smallest absolute Gasteiger partial charge is 0.166 e. The van der Waals surface area contributed by atoms with E-state index < -0.39 is 0 Å². The maximum absolute atomic E-state index is 11.5. The van der Waals surface area contributed by atoms with Crippen LogP contribution in [0.3, 0.4) is 0 Å². The molecule has 0 aliphatic rings. The van der Waals surface area contributed by atoms with E-state index in [0.29, 0.717) is 5.57 Å². The molecule has 0 spiro atoms. The molecule has 0 aliphatic heterocycles. The van der Waals surface area contributed by atoms with Crippen molar-refractivity contribution in [3.63, 3.8) is 0 Å². The molecule has 0 unspecified atom stereocenters. The number of ketones is 2. The van der Waals surface area contributed by atoms with Gasteiger partial charge in [-0.25, -0.2) is 0 Å². The first kappa shape index (κ1) is 17.2. The maximum Gasteiger partial charge on any atom is 0.166 e. The van der Waals surface area contributed by atoms with Gasteiger partial charge < -0.3 is 4.90 Å². The Kier molecular flexibility index (Phi) is 8.81. The van der Waals surface area contributed by atoms with Crippen molar-refractivity contribution in [2.75, 3.05) is 19.8 Å². The molecule has 0 aromatic rings. The summed E-state index contributed by atoms with van der Waals surface area (Å²) in [6.45, 7) is 5.98. The number of hydrogen-bond acceptors (Lipinski definition) is 4. The van der Waals surface area contributed by atoms with Crippen LogP contribution in [-0.2, 0) is 9.59 Å². The molecule has 0 saturated carbocycles. The first-order valence-electron chi connectivity index (χ1n) is 6.46. The van der Waals surface area contributed by atoms with Gasteiger partial charge in [0.15, 0.2) is 11.6 Å². The van der Waals surface area contributed by atoms with Gasteiger partial charge in [-0.1, -0.05) is 26.2 Å². The van der Waals surface area contributed by atoms with Crippen molar-refractivity contribution in [3.05, 3.63) is 10.6 Å². The Balaban J connectivity index is 4.76. The first-order chi connectivity index (χ1) is 8.45. The van der Waals surface area contributed by atoms with Crippen molar-refractivity contribution in [2.24, 2.45) is 0 Å². The van der Waals surface area contributed by atoms with Crippen molar-refractivity contribution < 1.29 is 9.59 Å². The number of nitrogens with zero attached hydrogens (tertiary/aromatic N) is 1. The van der Waals surface area contributed by atoms with Crippen molar-refractivity contribution in [1.29, 1.82) is 0 Å². The summed E-state index contributed by atoms with van der Waals surface area (Å²) in [7, 11) is 1.95. The second-order valence-electron chi connectivity index (χ2n) is 4.48. The molecule has 0 atom stereocenters. The number of allylic oxidation sites excluding steroid dienone is 1. The van der Waals surface area contributed by atoms with Crippen LogP contribution >= 0.6 is 11.8 Å². The summed E-state index contributed by atoms with van der Waals surface area (Å²) in [5.74, 6) is -0.292. The quantitative estimate of drug-likeness (QED) is 0.279. The van der Waals surface area contributed by atoms with Crippen LogP contribution in [0, 0.1) is 0 Å². The van der Waals surface area contributed by atoms with E-state index in [4.69, 9.17) is 0 Å². The van der Waals surface area contributed by atoms with Crippen molar-refractivity contribution >= 4 is 23.3 Å². The second kappa shape index (κ2) is 9.20. The van der Waals surface area contributed by atoms with E-state index in [2.05, 4.69) is 6.92 Å². The summed E-state index contributed by atoms with van der Waals surface area (Å²) in [6.07, 6.45) is 6.64. The Hall–Kier alpha value is -0.770. The summed E-state index contributed by atoms with van der Waals surface area (Å²) >= 11 is 1.47. The second-order valence-corrected chi connectivity index (χ2v) is 5.27. The molecule has 0 bridgehead atoms. The lowest BCUT2D eigenvalue weighted by molar-refractivity contribution is -0.119. The largest absolute Gasteiger partial charge is 0.369 e. The van der Waals surface area contributed by atoms with E-state index in [1.165, 1.54) is 44.9 Å². The number of carbonyl (C=O) groups is 2. The highest BCUT2D eigenvalue weighted by Gasteiger charge is 2.18. The van der Waals surface area contributed by atoms with Gasteiger partial charge in [-0.15, -0.1) is 11.8 Å². The summed E-state index contributed by atoms with van der Waals surface area (Å²) in [4.78, 5) is 25.1. The van der Waals surface area contributed by atoms with Gasteiger partial charge in [0.2, 0.25) is 0 Å². The van der Waals surface area contributed by atoms with Crippen LogP contribution in [-0.4, -0.2) is 36.3 Å². The lowest BCUT2D eigenvalue weighted by Gasteiger charge is -2.23. The summed E-state index contributed by atoms with van der Waals surface area (Å²) < 4.78 is 0. The van der Waals surface area contributed by atoms with Gasteiger partial charge in [0.1, 0.15) is 0 Å². The van der Waals surface area contributed by atoms with Gasteiger partial charge in [0.05, 0.1) is 10.6 Å². The number of unbranched alkanes of at least 4 members (excludes halogenated alkanes) is 3. The molecular formula is C14H25NO2S. The standard InChI is InChI=1S/C14H25NO2S/c1-6-7-8-9-10-15(4)14(18-5)13(11(2)16)12(3)17/h6-10H2,1-5H3. The minimum atomic E-state index is -0.146. The maximum atomic E-state index is 11.5. The zero-order chi connectivity index (χ0) is 14.1.